The zero-order valence-corrected chi connectivity index (χ0v) is 8.45. The van der Waals surface area contributed by atoms with Crippen LogP contribution in [0.5, 0.6) is 0 Å². The Labute approximate surface area is 83.7 Å². The zero-order valence-electron chi connectivity index (χ0n) is 8.45. The Hall–Kier alpha value is -0.810. The molecule has 14 heavy (non-hydrogen) atoms. The number of hydrogen-bond donors (Lipinski definition) is 1. The second kappa shape index (κ2) is 6.62. The maximum absolute atomic E-state index is 10.8. The fourth-order valence-electron chi connectivity index (χ4n) is 1.22. The average Bonchev–Trinajstić information content (AvgIpc) is 2.20. The first-order valence-corrected chi connectivity index (χ1v) is 4.96. The lowest BCUT2D eigenvalue weighted by atomic mass is 10.2. The number of carbonyl (C=O) groups is 1. The van der Waals surface area contributed by atoms with Crippen LogP contribution in [0, 0.1) is 0 Å². The Morgan fingerprint density at radius 1 is 1.57 bits per heavy atom. The average molecular weight is 203 g/mol. The van der Waals surface area contributed by atoms with E-state index in [0.29, 0.717) is 6.61 Å². The van der Waals surface area contributed by atoms with Crippen molar-refractivity contribution < 1.29 is 19.0 Å². The summed E-state index contributed by atoms with van der Waals surface area (Å²) in [5.41, 5.74) is 0. The minimum Gasteiger partial charge on any atom is -0.450 e. The van der Waals surface area contributed by atoms with Crippen molar-refractivity contribution in [3.8, 4) is 0 Å². The first-order valence-electron chi connectivity index (χ1n) is 4.96. The fraction of sp³-hybridized carbons (Fsp3) is 0.889. The van der Waals surface area contributed by atoms with Gasteiger partial charge in [-0.25, -0.2) is 4.79 Å². The molecular formula is C9H17NO4. The predicted molar refractivity (Wildman–Crippen MR) is 49.7 cm³/mol. The molecule has 5 nitrogen and oxygen atoms in total. The first kappa shape index (κ1) is 11.3. The summed E-state index contributed by atoms with van der Waals surface area (Å²) in [5, 5.41) is 2.47. The highest BCUT2D eigenvalue weighted by Gasteiger charge is 2.13. The van der Waals surface area contributed by atoms with E-state index in [4.69, 9.17) is 9.47 Å². The van der Waals surface area contributed by atoms with E-state index >= 15 is 0 Å². The number of ether oxygens (including phenoxy) is 3. The maximum Gasteiger partial charge on any atom is 0.408 e. The van der Waals surface area contributed by atoms with Gasteiger partial charge in [-0.1, -0.05) is 0 Å². The normalized spacial score (nSPS) is 21.6. The number of hydrogen-bond acceptors (Lipinski definition) is 4. The quantitative estimate of drug-likeness (QED) is 0.698. The third-order valence-corrected chi connectivity index (χ3v) is 1.90. The summed E-state index contributed by atoms with van der Waals surface area (Å²) >= 11 is 0. The Morgan fingerprint density at radius 2 is 2.43 bits per heavy atom. The van der Waals surface area contributed by atoms with Gasteiger partial charge in [-0.15, -0.1) is 0 Å². The highest BCUT2D eigenvalue weighted by atomic mass is 16.7. The minimum absolute atomic E-state index is 0.142. The van der Waals surface area contributed by atoms with Gasteiger partial charge in [-0.05, 0) is 26.2 Å². The van der Waals surface area contributed by atoms with E-state index in [1.54, 1.807) is 6.92 Å². The second-order valence-electron chi connectivity index (χ2n) is 3.00. The van der Waals surface area contributed by atoms with Gasteiger partial charge >= 0.3 is 6.09 Å². The van der Waals surface area contributed by atoms with Gasteiger partial charge in [0.25, 0.3) is 0 Å². The lowest BCUT2D eigenvalue weighted by Gasteiger charge is -2.22. The number of amides is 1. The molecule has 1 heterocycles. The molecule has 0 radical (unpaired) electrons. The molecule has 1 amide bonds. The van der Waals surface area contributed by atoms with Gasteiger partial charge < -0.3 is 14.2 Å². The molecule has 0 spiro atoms. The summed E-state index contributed by atoms with van der Waals surface area (Å²) in [4.78, 5) is 10.8. The molecule has 82 valence electrons. The van der Waals surface area contributed by atoms with E-state index in [0.717, 1.165) is 25.9 Å². The Kier molecular flexibility index (Phi) is 5.32. The van der Waals surface area contributed by atoms with Crippen LogP contribution < -0.4 is 5.32 Å². The van der Waals surface area contributed by atoms with E-state index in [1.165, 1.54) is 0 Å². The van der Waals surface area contributed by atoms with Crippen molar-refractivity contribution in [2.24, 2.45) is 0 Å². The summed E-state index contributed by atoms with van der Waals surface area (Å²) in [6.07, 6.45) is 2.47. The van der Waals surface area contributed by atoms with Crippen LogP contribution in [-0.2, 0) is 14.2 Å². The molecule has 1 saturated heterocycles. The van der Waals surface area contributed by atoms with Gasteiger partial charge in [0.05, 0.1) is 6.61 Å². The van der Waals surface area contributed by atoms with Gasteiger partial charge in [0, 0.05) is 6.61 Å². The molecule has 0 saturated carbocycles. The van der Waals surface area contributed by atoms with Gasteiger partial charge in [0.15, 0.2) is 6.29 Å². The Morgan fingerprint density at radius 3 is 3.07 bits per heavy atom. The molecule has 0 aliphatic carbocycles. The smallest absolute Gasteiger partial charge is 0.408 e. The monoisotopic (exact) mass is 203 g/mol. The molecule has 1 N–H and O–H groups in total. The number of alkyl carbamates (subject to hydrolysis) is 1. The van der Waals surface area contributed by atoms with Crippen molar-refractivity contribution in [3.05, 3.63) is 0 Å². The molecule has 1 aliphatic heterocycles. The zero-order chi connectivity index (χ0) is 10.2. The maximum atomic E-state index is 10.8. The fourth-order valence-corrected chi connectivity index (χ4v) is 1.22. The molecule has 5 heteroatoms. The molecule has 0 bridgehead atoms. The predicted octanol–water partition coefficient (Wildman–Crippen LogP) is 1.23. The molecule has 0 aromatic heterocycles. The van der Waals surface area contributed by atoms with Crippen LogP contribution in [0.15, 0.2) is 0 Å². The molecule has 1 rings (SSSR count). The van der Waals surface area contributed by atoms with E-state index in [-0.39, 0.29) is 13.0 Å². The number of rotatable bonds is 4. The largest absolute Gasteiger partial charge is 0.450 e. The topological polar surface area (TPSA) is 56.8 Å². The van der Waals surface area contributed by atoms with Gasteiger partial charge in [-0.3, -0.25) is 5.32 Å². The van der Waals surface area contributed by atoms with Gasteiger partial charge in [0.2, 0.25) is 0 Å². The van der Waals surface area contributed by atoms with E-state index in [2.05, 4.69) is 10.1 Å². The summed E-state index contributed by atoms with van der Waals surface area (Å²) in [5.74, 6) is 0. The standard InChI is InChI=1S/C9H17NO4/c1-2-12-9(11)10-7-14-8-5-3-4-6-13-8/h8H,2-7H2,1H3,(H,10,11). The van der Waals surface area contributed by atoms with Gasteiger partial charge in [-0.2, -0.15) is 0 Å². The summed E-state index contributed by atoms with van der Waals surface area (Å²) in [7, 11) is 0. The summed E-state index contributed by atoms with van der Waals surface area (Å²) in [6.45, 7) is 3.00. The van der Waals surface area contributed by atoms with Crippen LogP contribution in [0.25, 0.3) is 0 Å². The second-order valence-corrected chi connectivity index (χ2v) is 3.00. The molecule has 1 fully saturated rings. The first-order chi connectivity index (χ1) is 6.83. The van der Waals surface area contributed by atoms with E-state index < -0.39 is 6.09 Å². The third-order valence-electron chi connectivity index (χ3n) is 1.90. The van der Waals surface area contributed by atoms with Crippen LogP contribution in [0.3, 0.4) is 0 Å². The molecule has 1 atom stereocenters. The summed E-state index contributed by atoms with van der Waals surface area (Å²) in [6, 6.07) is 0. The van der Waals surface area contributed by atoms with Crippen LogP contribution >= 0.6 is 0 Å². The lowest BCUT2D eigenvalue weighted by molar-refractivity contribution is -0.164. The highest BCUT2D eigenvalue weighted by Crippen LogP contribution is 2.12. The molecule has 1 unspecified atom stereocenters. The van der Waals surface area contributed by atoms with Crippen molar-refractivity contribution in [2.75, 3.05) is 19.9 Å². The van der Waals surface area contributed by atoms with Gasteiger partial charge in [0.1, 0.15) is 6.73 Å². The van der Waals surface area contributed by atoms with Crippen LogP contribution in [0.2, 0.25) is 0 Å². The van der Waals surface area contributed by atoms with Crippen molar-refractivity contribution in [1.82, 2.24) is 5.32 Å². The summed E-state index contributed by atoms with van der Waals surface area (Å²) < 4.78 is 15.2. The van der Waals surface area contributed by atoms with Crippen molar-refractivity contribution in [2.45, 2.75) is 32.5 Å². The molecular weight excluding hydrogens is 186 g/mol. The van der Waals surface area contributed by atoms with Crippen LogP contribution in [0.4, 0.5) is 4.79 Å². The SMILES string of the molecule is CCOC(=O)NCOC1CCCCO1. The highest BCUT2D eigenvalue weighted by molar-refractivity contribution is 5.66. The Balaban J connectivity index is 1.99. The third kappa shape index (κ3) is 4.43. The molecule has 0 aromatic carbocycles. The molecule has 1 aliphatic rings. The number of carbonyl (C=O) groups excluding carboxylic acids is 1. The van der Waals surface area contributed by atoms with Crippen molar-refractivity contribution >= 4 is 6.09 Å². The van der Waals surface area contributed by atoms with Crippen molar-refractivity contribution in [1.29, 1.82) is 0 Å². The lowest BCUT2D eigenvalue weighted by Crippen LogP contribution is -2.31. The molecule has 0 aromatic rings. The minimum atomic E-state index is -0.455. The van der Waals surface area contributed by atoms with Crippen LogP contribution in [-0.4, -0.2) is 32.3 Å². The van der Waals surface area contributed by atoms with Crippen molar-refractivity contribution in [3.63, 3.8) is 0 Å². The van der Waals surface area contributed by atoms with Crippen LogP contribution in [0.1, 0.15) is 26.2 Å². The van der Waals surface area contributed by atoms with E-state index in [1.807, 2.05) is 0 Å². The number of nitrogens with one attached hydrogen (secondary N) is 1. The van der Waals surface area contributed by atoms with E-state index in [9.17, 15) is 4.79 Å². The Bertz CT molecular complexity index is 168.